The lowest BCUT2D eigenvalue weighted by atomic mass is 10.1. The maximum Gasteiger partial charge on any atom is 0.261 e. The Morgan fingerprint density at radius 1 is 1.32 bits per heavy atom. The first-order chi connectivity index (χ1) is 8.78. The topological polar surface area (TPSA) is 21.3 Å². The third-order valence-electron chi connectivity index (χ3n) is 2.46. The number of nitrogens with one attached hydrogen (secondary N) is 1. The average Bonchev–Trinajstić information content (AvgIpc) is 2.27. The fraction of sp³-hybridized carbons (Fsp3) is 0.571. The zero-order valence-electron chi connectivity index (χ0n) is 11.4. The van der Waals surface area contributed by atoms with E-state index in [1.807, 2.05) is 45.0 Å². The van der Waals surface area contributed by atoms with Crippen LogP contribution in [0.4, 0.5) is 8.78 Å². The molecule has 108 valence electrons. The quantitative estimate of drug-likeness (QED) is 0.842. The van der Waals surface area contributed by atoms with Crippen LogP contribution >= 0.6 is 15.9 Å². The van der Waals surface area contributed by atoms with Crippen molar-refractivity contribution < 1.29 is 13.5 Å². The van der Waals surface area contributed by atoms with Crippen molar-refractivity contribution in [3.63, 3.8) is 0 Å². The molecule has 0 spiro atoms. The molecule has 0 aromatic heterocycles. The first-order valence-corrected chi connectivity index (χ1v) is 6.97. The van der Waals surface area contributed by atoms with Crippen molar-refractivity contribution in [3.8, 4) is 0 Å². The van der Waals surface area contributed by atoms with Gasteiger partial charge >= 0.3 is 0 Å². The van der Waals surface area contributed by atoms with E-state index in [2.05, 4.69) is 21.2 Å². The van der Waals surface area contributed by atoms with E-state index >= 15 is 0 Å². The molecule has 0 radical (unpaired) electrons. The van der Waals surface area contributed by atoms with E-state index in [-0.39, 0.29) is 11.6 Å². The molecular formula is C14H20BrF2NO. The summed E-state index contributed by atoms with van der Waals surface area (Å²) in [6.45, 7) is 6.02. The fourth-order valence-electron chi connectivity index (χ4n) is 1.57. The number of rotatable bonds is 6. The normalized spacial score (nSPS) is 13.8. The predicted octanol–water partition coefficient (Wildman–Crippen LogP) is 4.16. The summed E-state index contributed by atoms with van der Waals surface area (Å²) in [6.07, 6.45) is -2.84. The van der Waals surface area contributed by atoms with Crippen molar-refractivity contribution in [1.29, 1.82) is 0 Å². The molecule has 0 bridgehead atoms. The summed E-state index contributed by atoms with van der Waals surface area (Å²) >= 11 is 3.38. The van der Waals surface area contributed by atoms with Gasteiger partial charge in [-0.3, -0.25) is 0 Å². The summed E-state index contributed by atoms with van der Waals surface area (Å²) in [4.78, 5) is 0. The second kappa shape index (κ2) is 7.31. The van der Waals surface area contributed by atoms with E-state index in [0.717, 1.165) is 10.0 Å². The van der Waals surface area contributed by atoms with Gasteiger partial charge in [-0.1, -0.05) is 28.1 Å². The summed E-state index contributed by atoms with van der Waals surface area (Å²) in [5.41, 5.74) is 0.796. The molecule has 19 heavy (non-hydrogen) atoms. The van der Waals surface area contributed by atoms with Gasteiger partial charge in [-0.05, 0) is 38.5 Å². The molecule has 1 atom stereocenters. The van der Waals surface area contributed by atoms with Crippen LogP contribution in [0.15, 0.2) is 28.7 Å². The number of alkyl halides is 2. The van der Waals surface area contributed by atoms with E-state index in [0.29, 0.717) is 6.54 Å². The zero-order valence-corrected chi connectivity index (χ0v) is 13.0. The number of hydrogen-bond donors (Lipinski definition) is 1. The molecular weight excluding hydrogens is 316 g/mol. The molecule has 0 heterocycles. The smallest absolute Gasteiger partial charge is 0.261 e. The summed E-state index contributed by atoms with van der Waals surface area (Å²) in [7, 11) is 0. The molecule has 0 aliphatic rings. The van der Waals surface area contributed by atoms with Gasteiger partial charge in [0.05, 0.1) is 6.10 Å². The summed E-state index contributed by atoms with van der Waals surface area (Å²) in [6, 6.07) is 7.53. The van der Waals surface area contributed by atoms with Gasteiger partial charge in [-0.25, -0.2) is 8.78 Å². The maximum absolute atomic E-state index is 12.3. The third kappa shape index (κ3) is 6.99. The Hall–Kier alpha value is -0.520. The fourth-order valence-corrected chi connectivity index (χ4v) is 1.98. The van der Waals surface area contributed by atoms with Crippen LogP contribution in [0.1, 0.15) is 32.4 Å². The molecule has 1 aromatic carbocycles. The van der Waals surface area contributed by atoms with E-state index < -0.39 is 13.0 Å². The van der Waals surface area contributed by atoms with Gasteiger partial charge in [0, 0.05) is 16.6 Å². The molecule has 0 saturated heterocycles. The summed E-state index contributed by atoms with van der Waals surface area (Å²) in [5.74, 6) is 0. The molecule has 1 aromatic rings. The first-order valence-electron chi connectivity index (χ1n) is 6.18. The Balaban J connectivity index is 2.73. The third-order valence-corrected chi connectivity index (χ3v) is 2.95. The lowest BCUT2D eigenvalue weighted by Crippen LogP contribution is -2.39. The monoisotopic (exact) mass is 335 g/mol. The Kier molecular flexibility index (Phi) is 6.36. The van der Waals surface area contributed by atoms with Crippen molar-refractivity contribution in [1.82, 2.24) is 5.32 Å². The number of halogens is 3. The Bertz CT molecular complexity index is 393. The lowest BCUT2D eigenvalue weighted by molar-refractivity contribution is -0.0263. The van der Waals surface area contributed by atoms with Gasteiger partial charge in [0.1, 0.15) is 6.61 Å². The van der Waals surface area contributed by atoms with Crippen LogP contribution in [0.5, 0.6) is 0 Å². The van der Waals surface area contributed by atoms with Crippen LogP contribution in [-0.4, -0.2) is 25.1 Å². The summed E-state index contributed by atoms with van der Waals surface area (Å²) in [5, 5.41) is 3.28. The molecule has 0 saturated carbocycles. The van der Waals surface area contributed by atoms with Crippen LogP contribution < -0.4 is 5.32 Å². The Labute approximate surface area is 121 Å². The van der Waals surface area contributed by atoms with Gasteiger partial charge in [0.2, 0.25) is 0 Å². The molecule has 0 amide bonds. The molecule has 0 fully saturated rings. The van der Waals surface area contributed by atoms with Crippen LogP contribution in [0.3, 0.4) is 0 Å². The van der Waals surface area contributed by atoms with Crippen molar-refractivity contribution >= 4 is 15.9 Å². The maximum atomic E-state index is 12.3. The lowest BCUT2D eigenvalue weighted by Gasteiger charge is -2.26. The minimum atomic E-state index is -2.45. The number of benzene rings is 1. The molecule has 0 aliphatic heterocycles. The standard InChI is InChI=1S/C14H20BrF2NO/c1-14(2,3)18-8-12(19-9-13(16)17)10-5-4-6-11(15)7-10/h4-7,12-13,18H,8-9H2,1-3H3. The zero-order chi connectivity index (χ0) is 14.5. The van der Waals surface area contributed by atoms with Crippen molar-refractivity contribution in [2.45, 2.75) is 38.8 Å². The van der Waals surface area contributed by atoms with Crippen LogP contribution in [-0.2, 0) is 4.74 Å². The molecule has 5 heteroatoms. The highest BCUT2D eigenvalue weighted by Gasteiger charge is 2.18. The molecule has 1 unspecified atom stereocenters. The van der Waals surface area contributed by atoms with E-state index in [9.17, 15) is 8.78 Å². The van der Waals surface area contributed by atoms with Gasteiger partial charge in [-0.15, -0.1) is 0 Å². The van der Waals surface area contributed by atoms with Crippen molar-refractivity contribution in [2.24, 2.45) is 0 Å². The van der Waals surface area contributed by atoms with Crippen LogP contribution in [0.25, 0.3) is 0 Å². The SMILES string of the molecule is CC(C)(C)NCC(OCC(F)F)c1cccc(Br)c1. The molecule has 0 aliphatic carbocycles. The van der Waals surface area contributed by atoms with Crippen LogP contribution in [0.2, 0.25) is 0 Å². The highest BCUT2D eigenvalue weighted by atomic mass is 79.9. The number of hydrogen-bond acceptors (Lipinski definition) is 2. The second-order valence-corrected chi connectivity index (χ2v) is 6.31. The Morgan fingerprint density at radius 2 is 2.00 bits per heavy atom. The summed E-state index contributed by atoms with van der Waals surface area (Å²) < 4.78 is 30.8. The Morgan fingerprint density at radius 3 is 2.53 bits per heavy atom. The average molecular weight is 336 g/mol. The molecule has 1 N–H and O–H groups in total. The molecule has 2 nitrogen and oxygen atoms in total. The van der Waals surface area contributed by atoms with Crippen LogP contribution in [0, 0.1) is 0 Å². The van der Waals surface area contributed by atoms with E-state index in [1.54, 1.807) is 0 Å². The van der Waals surface area contributed by atoms with Crippen molar-refractivity contribution in [2.75, 3.05) is 13.2 Å². The van der Waals surface area contributed by atoms with Gasteiger partial charge in [0.25, 0.3) is 6.43 Å². The van der Waals surface area contributed by atoms with Gasteiger partial charge in [-0.2, -0.15) is 0 Å². The van der Waals surface area contributed by atoms with Crippen molar-refractivity contribution in [3.05, 3.63) is 34.3 Å². The minimum Gasteiger partial charge on any atom is -0.366 e. The van der Waals surface area contributed by atoms with E-state index in [4.69, 9.17) is 4.74 Å². The number of ether oxygens (including phenoxy) is 1. The first kappa shape index (κ1) is 16.5. The second-order valence-electron chi connectivity index (χ2n) is 5.40. The van der Waals surface area contributed by atoms with Gasteiger partial charge in [0.15, 0.2) is 0 Å². The molecule has 1 rings (SSSR count). The highest BCUT2D eigenvalue weighted by molar-refractivity contribution is 9.10. The van der Waals surface area contributed by atoms with Gasteiger partial charge < -0.3 is 10.1 Å². The largest absolute Gasteiger partial charge is 0.366 e. The predicted molar refractivity (Wildman–Crippen MR) is 76.6 cm³/mol. The highest BCUT2D eigenvalue weighted by Crippen LogP contribution is 2.22. The minimum absolute atomic E-state index is 0.0849. The van der Waals surface area contributed by atoms with E-state index in [1.165, 1.54) is 0 Å².